The second-order valence-electron chi connectivity index (χ2n) is 2.24. The Bertz CT molecular complexity index is 136. The van der Waals surface area contributed by atoms with E-state index in [1.165, 1.54) is 0 Å². The normalized spacial score (nSPS) is 13.6. The lowest BCUT2D eigenvalue weighted by Crippen LogP contribution is -2.06. The molecular weight excluding hydrogens is 144 g/mol. The minimum atomic E-state index is -0.907. The molecule has 0 aliphatic carbocycles. The average molecular weight is 158 g/mol. The molecule has 0 aromatic heterocycles. The average Bonchev–Trinajstić information content (AvgIpc) is 1.98. The Morgan fingerprint density at radius 1 is 1.73 bits per heavy atom. The number of ether oxygens (including phenoxy) is 1. The van der Waals surface area contributed by atoms with Crippen molar-refractivity contribution in [3.05, 3.63) is 12.2 Å². The minimum absolute atomic E-state index is 0.144. The third-order valence-corrected chi connectivity index (χ3v) is 1.45. The van der Waals surface area contributed by atoms with Crippen LogP contribution in [-0.2, 0) is 9.53 Å². The lowest BCUT2D eigenvalue weighted by atomic mass is 10.2. The van der Waals surface area contributed by atoms with Crippen LogP contribution >= 0.6 is 0 Å². The fourth-order valence-electron chi connectivity index (χ4n) is 0.750. The van der Waals surface area contributed by atoms with E-state index in [1.807, 2.05) is 6.92 Å². The molecule has 0 bridgehead atoms. The van der Waals surface area contributed by atoms with Gasteiger partial charge in [-0.05, 0) is 12.8 Å². The van der Waals surface area contributed by atoms with Crippen LogP contribution in [-0.4, -0.2) is 24.3 Å². The Morgan fingerprint density at radius 3 is 2.73 bits per heavy atom. The summed E-state index contributed by atoms with van der Waals surface area (Å²) in [5.41, 5.74) is 0. The molecule has 0 aliphatic heterocycles. The van der Waals surface area contributed by atoms with Crippen LogP contribution in [0.4, 0.5) is 0 Å². The molecule has 1 unspecified atom stereocenters. The predicted molar refractivity (Wildman–Crippen MR) is 42.5 cm³/mol. The van der Waals surface area contributed by atoms with Crippen LogP contribution in [0, 0.1) is 0 Å². The van der Waals surface area contributed by atoms with Crippen LogP contribution in [0.3, 0.4) is 0 Å². The summed E-state index contributed by atoms with van der Waals surface area (Å²) in [6.45, 7) is 2.00. The molecule has 0 fully saturated rings. The summed E-state index contributed by atoms with van der Waals surface area (Å²) < 4.78 is 5.04. The number of carboxylic acid groups (broad SMARTS) is 1. The first-order valence-electron chi connectivity index (χ1n) is 3.63. The minimum Gasteiger partial charge on any atom is -0.478 e. The molecule has 3 nitrogen and oxygen atoms in total. The van der Waals surface area contributed by atoms with Gasteiger partial charge in [-0.3, -0.25) is 0 Å². The number of methoxy groups -OCH3 is 1. The lowest BCUT2D eigenvalue weighted by Gasteiger charge is -2.08. The molecule has 0 aromatic rings. The molecule has 0 heterocycles. The van der Waals surface area contributed by atoms with Crippen molar-refractivity contribution in [3.63, 3.8) is 0 Å². The summed E-state index contributed by atoms with van der Waals surface area (Å²) in [5.74, 6) is -0.907. The Morgan fingerprint density at radius 2 is 2.36 bits per heavy atom. The van der Waals surface area contributed by atoms with E-state index in [2.05, 4.69) is 0 Å². The number of carbonyl (C=O) groups is 1. The van der Waals surface area contributed by atoms with Crippen LogP contribution < -0.4 is 0 Å². The van der Waals surface area contributed by atoms with E-state index in [0.717, 1.165) is 12.5 Å². The first-order chi connectivity index (χ1) is 5.20. The van der Waals surface area contributed by atoms with E-state index < -0.39 is 5.97 Å². The highest BCUT2D eigenvalue weighted by molar-refractivity contribution is 5.79. The number of hydrogen-bond donors (Lipinski definition) is 1. The van der Waals surface area contributed by atoms with Crippen LogP contribution in [0.5, 0.6) is 0 Å². The molecule has 0 amide bonds. The second-order valence-corrected chi connectivity index (χ2v) is 2.24. The van der Waals surface area contributed by atoms with Gasteiger partial charge in [0.05, 0.1) is 6.10 Å². The fraction of sp³-hybridized carbons (Fsp3) is 0.625. The Hall–Kier alpha value is -0.830. The van der Waals surface area contributed by atoms with Crippen molar-refractivity contribution in [1.29, 1.82) is 0 Å². The van der Waals surface area contributed by atoms with E-state index in [-0.39, 0.29) is 6.10 Å². The standard InChI is InChI=1S/C8H14O3/c1-3-7(11-2)5-4-6-8(9)10/h4,6-7H,3,5H2,1-2H3,(H,9,10). The first kappa shape index (κ1) is 10.2. The van der Waals surface area contributed by atoms with Gasteiger partial charge in [-0.2, -0.15) is 0 Å². The summed E-state index contributed by atoms with van der Waals surface area (Å²) in [5, 5.41) is 8.24. The van der Waals surface area contributed by atoms with Crippen molar-refractivity contribution >= 4 is 5.97 Å². The monoisotopic (exact) mass is 158 g/mol. The Balaban J connectivity index is 3.57. The lowest BCUT2D eigenvalue weighted by molar-refractivity contribution is -0.131. The van der Waals surface area contributed by atoms with E-state index in [1.54, 1.807) is 13.2 Å². The molecule has 0 aromatic carbocycles. The van der Waals surface area contributed by atoms with Gasteiger partial charge in [0.15, 0.2) is 0 Å². The molecule has 0 radical (unpaired) electrons. The molecule has 0 spiro atoms. The van der Waals surface area contributed by atoms with Crippen molar-refractivity contribution in [2.45, 2.75) is 25.9 Å². The number of hydrogen-bond acceptors (Lipinski definition) is 2. The van der Waals surface area contributed by atoms with Gasteiger partial charge in [-0.15, -0.1) is 0 Å². The highest BCUT2D eigenvalue weighted by atomic mass is 16.5. The quantitative estimate of drug-likeness (QED) is 0.616. The summed E-state index contributed by atoms with van der Waals surface area (Å²) in [4.78, 5) is 10.0. The van der Waals surface area contributed by atoms with Gasteiger partial charge in [-0.1, -0.05) is 13.0 Å². The third kappa shape index (κ3) is 5.61. The molecule has 64 valence electrons. The molecule has 0 aliphatic rings. The van der Waals surface area contributed by atoms with Crippen molar-refractivity contribution in [3.8, 4) is 0 Å². The van der Waals surface area contributed by atoms with Gasteiger partial charge in [0, 0.05) is 13.2 Å². The summed E-state index contributed by atoms with van der Waals surface area (Å²) in [7, 11) is 1.63. The molecule has 11 heavy (non-hydrogen) atoms. The van der Waals surface area contributed by atoms with Crippen molar-refractivity contribution in [2.75, 3.05) is 7.11 Å². The van der Waals surface area contributed by atoms with Gasteiger partial charge in [0.25, 0.3) is 0 Å². The maximum absolute atomic E-state index is 10.0. The van der Waals surface area contributed by atoms with Crippen LogP contribution in [0.15, 0.2) is 12.2 Å². The largest absolute Gasteiger partial charge is 0.478 e. The zero-order valence-corrected chi connectivity index (χ0v) is 6.91. The first-order valence-corrected chi connectivity index (χ1v) is 3.63. The van der Waals surface area contributed by atoms with Crippen LogP contribution in [0.25, 0.3) is 0 Å². The van der Waals surface area contributed by atoms with Crippen LogP contribution in [0.1, 0.15) is 19.8 Å². The number of aliphatic carboxylic acids is 1. The summed E-state index contributed by atoms with van der Waals surface area (Å²) in [6.07, 6.45) is 4.46. The smallest absolute Gasteiger partial charge is 0.327 e. The highest BCUT2D eigenvalue weighted by Crippen LogP contribution is 2.02. The van der Waals surface area contributed by atoms with E-state index in [0.29, 0.717) is 6.42 Å². The van der Waals surface area contributed by atoms with Gasteiger partial charge in [0.1, 0.15) is 0 Å². The Labute approximate surface area is 66.7 Å². The molecule has 0 rings (SSSR count). The SMILES string of the molecule is CCC(CC=CC(=O)O)OC. The maximum Gasteiger partial charge on any atom is 0.327 e. The van der Waals surface area contributed by atoms with Gasteiger partial charge >= 0.3 is 5.97 Å². The summed E-state index contributed by atoms with van der Waals surface area (Å²) >= 11 is 0. The molecule has 0 saturated heterocycles. The van der Waals surface area contributed by atoms with Gasteiger partial charge in [-0.25, -0.2) is 4.79 Å². The van der Waals surface area contributed by atoms with E-state index >= 15 is 0 Å². The van der Waals surface area contributed by atoms with Crippen LogP contribution in [0.2, 0.25) is 0 Å². The zero-order chi connectivity index (χ0) is 8.69. The third-order valence-electron chi connectivity index (χ3n) is 1.45. The molecular formula is C8H14O3. The maximum atomic E-state index is 10.0. The van der Waals surface area contributed by atoms with E-state index in [4.69, 9.17) is 9.84 Å². The molecule has 1 atom stereocenters. The van der Waals surface area contributed by atoms with Crippen molar-refractivity contribution in [2.24, 2.45) is 0 Å². The Kier molecular flexibility index (Phi) is 5.47. The predicted octanol–water partition coefficient (Wildman–Crippen LogP) is 1.44. The number of carboxylic acids is 1. The van der Waals surface area contributed by atoms with Crippen molar-refractivity contribution in [1.82, 2.24) is 0 Å². The van der Waals surface area contributed by atoms with Gasteiger partial charge in [0.2, 0.25) is 0 Å². The summed E-state index contributed by atoms with van der Waals surface area (Å²) in [6, 6.07) is 0. The molecule has 0 saturated carbocycles. The highest BCUT2D eigenvalue weighted by Gasteiger charge is 1.99. The molecule has 1 N–H and O–H groups in total. The molecule has 3 heteroatoms. The second kappa shape index (κ2) is 5.92. The van der Waals surface area contributed by atoms with Crippen molar-refractivity contribution < 1.29 is 14.6 Å². The topological polar surface area (TPSA) is 46.5 Å². The fourth-order valence-corrected chi connectivity index (χ4v) is 0.750. The zero-order valence-electron chi connectivity index (χ0n) is 6.91. The van der Waals surface area contributed by atoms with Gasteiger partial charge < -0.3 is 9.84 Å². The van der Waals surface area contributed by atoms with E-state index in [9.17, 15) is 4.79 Å². The number of rotatable bonds is 5.